The van der Waals surface area contributed by atoms with Gasteiger partial charge in [-0.3, -0.25) is 32.5 Å². The van der Waals surface area contributed by atoms with Crippen LogP contribution in [-0.4, -0.2) is 123 Å². The summed E-state index contributed by atoms with van der Waals surface area (Å²) in [6, 6.07) is 0. The lowest BCUT2D eigenvalue weighted by Gasteiger charge is -2.30. The molecule has 24 nitrogen and oxygen atoms in total. The molecule has 68 heavy (non-hydrogen) atoms. The number of hydrogen-bond donors (Lipinski definition) is 9. The van der Waals surface area contributed by atoms with Gasteiger partial charge in [-0.2, -0.15) is 4.31 Å². The van der Waals surface area contributed by atoms with Crippen molar-refractivity contribution in [3.8, 4) is 0 Å². The van der Waals surface area contributed by atoms with Gasteiger partial charge in [0.05, 0.1) is 19.5 Å². The zero-order valence-electron chi connectivity index (χ0n) is 38.9. The molecule has 0 radical (unpaired) electrons. The predicted molar refractivity (Wildman–Crippen MR) is 251 cm³/mol. The summed E-state index contributed by atoms with van der Waals surface area (Å²) in [5.41, 5.74) is 5.64. The molecular weight excluding hydrogens is 975 g/mol. The Morgan fingerprint density at radius 3 is 2.12 bits per heavy atom. The van der Waals surface area contributed by atoms with Crippen LogP contribution in [0.15, 0.2) is 24.8 Å². The molecule has 388 valence electrons. The Balaban J connectivity index is 1.30. The van der Waals surface area contributed by atoms with E-state index >= 15 is 0 Å². The maximum atomic E-state index is 12.7. The lowest BCUT2D eigenvalue weighted by molar-refractivity contribution is -0.137. The van der Waals surface area contributed by atoms with Crippen molar-refractivity contribution in [1.29, 1.82) is 0 Å². The van der Waals surface area contributed by atoms with Crippen LogP contribution >= 0.6 is 35.2 Å². The van der Waals surface area contributed by atoms with Crippen molar-refractivity contribution in [2.24, 2.45) is 5.41 Å². The molecule has 0 bridgehead atoms. The lowest BCUT2D eigenvalue weighted by atomic mass is 9.87. The highest BCUT2D eigenvalue weighted by atomic mass is 32.2. The molecule has 1 aliphatic rings. The van der Waals surface area contributed by atoms with Gasteiger partial charge in [0.25, 0.3) is 0 Å². The number of fused-ring (bicyclic) bond motifs is 1. The molecule has 1 fully saturated rings. The van der Waals surface area contributed by atoms with Crippen molar-refractivity contribution in [3.63, 3.8) is 0 Å². The molecule has 3 rings (SSSR count). The van der Waals surface area contributed by atoms with E-state index in [1.807, 2.05) is 0 Å². The second-order valence-electron chi connectivity index (χ2n) is 17.2. The molecule has 0 aromatic carbocycles. The van der Waals surface area contributed by atoms with E-state index in [1.165, 1.54) is 64.4 Å². The topological polar surface area (TPSA) is 364 Å². The number of aliphatic hydroxyl groups excluding tert-OH is 2. The standard InChI is InChI=1S/C40H70N7O17P3S/c1-5-6-7-8-11-14-17-28(2)18-15-12-9-10-13-16-19-31(49)68-23-22-42-30(48)20-21-43-38(52)35(51)40(3,4)25-61-67(58,59)64-66(56,57)60-24-29-34(63-65(53,54)55)33(50)39(62-29)47-27-46-32-36(41)44-26-45-37(32)47/h26-27,29,33-35,39,50-51H,2,5-25H2,1,3-4H3,(H,42,48)(H,43,52)(H,56,57)(H,58,59)(H2,41,44,45)(H2,53,54,55)/t29-,33-,34-,35+,39-/m1/s1. The normalized spacial score (nSPS) is 19.9. The average Bonchev–Trinajstić information content (AvgIpc) is 3.82. The summed E-state index contributed by atoms with van der Waals surface area (Å²) in [7, 11) is -16.4. The number of carbonyl (C=O) groups excluding carboxylic acids is 3. The minimum absolute atomic E-state index is 0.0327. The number of phosphoric ester groups is 3. The third-order valence-electron chi connectivity index (χ3n) is 10.8. The van der Waals surface area contributed by atoms with E-state index in [0.29, 0.717) is 12.2 Å². The molecule has 3 heterocycles. The number of imidazole rings is 1. The largest absolute Gasteiger partial charge is 0.481 e. The minimum Gasteiger partial charge on any atom is -0.386 e. The first-order valence-electron chi connectivity index (χ1n) is 22.7. The van der Waals surface area contributed by atoms with Crippen molar-refractivity contribution in [3.05, 3.63) is 24.8 Å². The van der Waals surface area contributed by atoms with Gasteiger partial charge in [0.2, 0.25) is 11.8 Å². The summed E-state index contributed by atoms with van der Waals surface area (Å²) in [4.78, 5) is 88.4. The molecule has 0 spiro atoms. The van der Waals surface area contributed by atoms with Crippen molar-refractivity contribution in [1.82, 2.24) is 30.2 Å². The zero-order valence-corrected chi connectivity index (χ0v) is 42.4. The van der Waals surface area contributed by atoms with Gasteiger partial charge >= 0.3 is 23.5 Å². The number of rotatable bonds is 35. The summed E-state index contributed by atoms with van der Waals surface area (Å²) >= 11 is 1.15. The third kappa shape index (κ3) is 21.7. The van der Waals surface area contributed by atoms with Crippen molar-refractivity contribution >= 4 is 69.1 Å². The van der Waals surface area contributed by atoms with Crippen LogP contribution in [-0.2, 0) is 50.7 Å². The second kappa shape index (κ2) is 29.0. The molecule has 0 aliphatic carbocycles. The molecule has 2 unspecified atom stereocenters. The zero-order chi connectivity index (χ0) is 50.5. The number of aromatic nitrogens is 4. The first-order chi connectivity index (χ1) is 31.9. The first-order valence-corrected chi connectivity index (χ1v) is 28.2. The van der Waals surface area contributed by atoms with E-state index in [4.69, 9.17) is 19.5 Å². The number of aliphatic hydroxyl groups is 2. The highest BCUT2D eigenvalue weighted by molar-refractivity contribution is 8.13. The summed E-state index contributed by atoms with van der Waals surface area (Å²) in [5.74, 6) is -1.04. The summed E-state index contributed by atoms with van der Waals surface area (Å²) in [5, 5.41) is 26.7. The van der Waals surface area contributed by atoms with Gasteiger partial charge < -0.3 is 50.9 Å². The number of thioether (sulfide) groups is 1. The van der Waals surface area contributed by atoms with Crippen LogP contribution in [0.1, 0.15) is 130 Å². The number of hydrogen-bond acceptors (Lipinski definition) is 18. The Hall–Kier alpha value is -2.70. The van der Waals surface area contributed by atoms with Gasteiger partial charge in [0.1, 0.15) is 36.3 Å². The average molecular weight is 1050 g/mol. The molecule has 2 aromatic rings. The fourth-order valence-electron chi connectivity index (χ4n) is 7.00. The molecule has 7 atom stereocenters. The van der Waals surface area contributed by atoms with Gasteiger partial charge in [-0.15, -0.1) is 0 Å². The second-order valence-corrected chi connectivity index (χ2v) is 22.6. The Morgan fingerprint density at radius 1 is 0.882 bits per heavy atom. The van der Waals surface area contributed by atoms with E-state index in [9.17, 15) is 57.9 Å². The first kappa shape index (κ1) is 59.6. The van der Waals surface area contributed by atoms with E-state index in [0.717, 1.165) is 73.9 Å². The molecular formula is C40H70N7O17P3S. The number of nitrogens with one attached hydrogen (secondary N) is 2. The maximum absolute atomic E-state index is 12.7. The van der Waals surface area contributed by atoms with Crippen LogP contribution in [0, 0.1) is 5.41 Å². The van der Waals surface area contributed by atoms with Crippen LogP contribution < -0.4 is 16.4 Å². The molecule has 10 N–H and O–H groups in total. The Kier molecular flexibility index (Phi) is 25.4. The summed E-state index contributed by atoms with van der Waals surface area (Å²) in [6.07, 6.45) is 9.93. The van der Waals surface area contributed by atoms with Crippen LogP contribution in [0.4, 0.5) is 5.82 Å². The van der Waals surface area contributed by atoms with Gasteiger partial charge in [0, 0.05) is 37.1 Å². The number of unbranched alkanes of at least 4 members (excludes halogenated alkanes) is 10. The third-order valence-corrected chi connectivity index (χ3v) is 14.8. The SMILES string of the molecule is C=C(CCCCCCCC)CCCCCCCCC(=O)SCCNC(=O)CCNC(=O)[C@H](O)C(C)(C)COP(=O)(O)OP(=O)(O)OC[C@H]1O[C@@H](n2cnc3c(N)ncnc32)[C@H](O)[C@@H]1OP(=O)(O)O. The van der Waals surface area contributed by atoms with Gasteiger partial charge in [0.15, 0.2) is 22.8 Å². The van der Waals surface area contributed by atoms with Crippen LogP contribution in [0.5, 0.6) is 0 Å². The van der Waals surface area contributed by atoms with E-state index in [-0.39, 0.29) is 41.6 Å². The predicted octanol–water partition coefficient (Wildman–Crippen LogP) is 5.09. The van der Waals surface area contributed by atoms with E-state index < -0.39 is 84.6 Å². The summed E-state index contributed by atoms with van der Waals surface area (Å²) < 4.78 is 62.4. The minimum atomic E-state index is -5.58. The number of nitrogens with two attached hydrogens (primary N) is 1. The van der Waals surface area contributed by atoms with Crippen LogP contribution in [0.2, 0.25) is 0 Å². The fourth-order valence-corrected chi connectivity index (χ4v) is 10.5. The fraction of sp³-hybridized carbons (Fsp3) is 0.750. The van der Waals surface area contributed by atoms with Crippen LogP contribution in [0.25, 0.3) is 11.2 Å². The van der Waals surface area contributed by atoms with Crippen molar-refractivity contribution in [2.75, 3.05) is 37.8 Å². The van der Waals surface area contributed by atoms with E-state index in [1.54, 1.807) is 0 Å². The van der Waals surface area contributed by atoms with Gasteiger partial charge in [-0.1, -0.05) is 102 Å². The number of nitrogens with zero attached hydrogens (tertiary/aromatic N) is 4. The van der Waals surface area contributed by atoms with Gasteiger partial charge in [-0.05, 0) is 32.1 Å². The molecule has 2 amide bonds. The monoisotopic (exact) mass is 1050 g/mol. The Labute approximate surface area is 400 Å². The smallest absolute Gasteiger partial charge is 0.386 e. The molecule has 1 saturated heterocycles. The lowest BCUT2D eigenvalue weighted by Crippen LogP contribution is -2.46. The highest BCUT2D eigenvalue weighted by Gasteiger charge is 2.50. The van der Waals surface area contributed by atoms with Crippen LogP contribution in [0.3, 0.4) is 0 Å². The number of phosphoric acid groups is 3. The Bertz CT molecular complexity index is 2080. The Morgan fingerprint density at radius 2 is 1.49 bits per heavy atom. The maximum Gasteiger partial charge on any atom is 0.481 e. The number of ether oxygens (including phenoxy) is 1. The number of allylic oxidation sites excluding steroid dienone is 1. The molecule has 2 aromatic heterocycles. The molecule has 28 heteroatoms. The van der Waals surface area contributed by atoms with Gasteiger partial charge in [-0.25, -0.2) is 28.6 Å². The van der Waals surface area contributed by atoms with Crippen molar-refractivity contribution in [2.45, 2.75) is 154 Å². The number of anilines is 1. The summed E-state index contributed by atoms with van der Waals surface area (Å²) in [6.45, 7) is 7.02. The molecule has 1 aliphatic heterocycles. The van der Waals surface area contributed by atoms with E-state index in [2.05, 4.69) is 47.9 Å². The number of amides is 2. The number of carbonyl (C=O) groups is 3. The number of nitrogen functional groups attached to an aromatic ring is 1. The highest BCUT2D eigenvalue weighted by Crippen LogP contribution is 2.61. The quantitative estimate of drug-likeness (QED) is 0.0246. The molecule has 0 saturated carbocycles. The van der Waals surface area contributed by atoms with Crippen molar-refractivity contribution < 1.29 is 80.5 Å².